The van der Waals surface area contributed by atoms with Crippen molar-refractivity contribution < 1.29 is 28.6 Å². The topological polar surface area (TPSA) is 90.9 Å². The molecule has 0 saturated carbocycles. The number of benzene rings is 1. The van der Waals surface area contributed by atoms with E-state index in [-0.39, 0.29) is 24.7 Å². The quantitative estimate of drug-likeness (QED) is 0.508. The Balaban J connectivity index is 1.42. The molecule has 1 aromatic carbocycles. The van der Waals surface area contributed by atoms with E-state index in [1.54, 1.807) is 17.4 Å². The lowest BCUT2D eigenvalue weighted by Crippen LogP contribution is -2.31. The van der Waals surface area contributed by atoms with Crippen LogP contribution in [0.15, 0.2) is 24.3 Å². The van der Waals surface area contributed by atoms with Crippen LogP contribution < -0.4 is 14.8 Å². The van der Waals surface area contributed by atoms with Gasteiger partial charge in [0, 0.05) is 21.7 Å². The Hall–Kier alpha value is -2.87. The van der Waals surface area contributed by atoms with E-state index in [1.165, 1.54) is 0 Å². The molecule has 0 saturated heterocycles. The van der Waals surface area contributed by atoms with E-state index in [0.717, 1.165) is 15.3 Å². The second-order valence-corrected chi connectivity index (χ2v) is 8.56. The summed E-state index contributed by atoms with van der Waals surface area (Å²) in [4.78, 5) is 38.3. The second kappa shape index (κ2) is 9.75. The molecule has 1 amide bonds. The van der Waals surface area contributed by atoms with Crippen LogP contribution in [-0.2, 0) is 14.3 Å². The van der Waals surface area contributed by atoms with Crippen molar-refractivity contribution in [2.24, 2.45) is 0 Å². The zero-order valence-electron chi connectivity index (χ0n) is 17.3. The molecule has 160 valence electrons. The predicted molar refractivity (Wildman–Crippen MR) is 112 cm³/mol. The van der Waals surface area contributed by atoms with E-state index in [0.29, 0.717) is 30.3 Å². The highest BCUT2D eigenvalue weighted by Gasteiger charge is 2.18. The van der Waals surface area contributed by atoms with Crippen molar-refractivity contribution in [3.8, 4) is 11.5 Å². The molecule has 8 heteroatoms. The smallest absolute Gasteiger partial charge is 0.306 e. The van der Waals surface area contributed by atoms with Gasteiger partial charge in [-0.3, -0.25) is 14.4 Å². The fourth-order valence-corrected chi connectivity index (χ4v) is 4.11. The molecule has 1 atom stereocenters. The standard InChI is InChI=1S/C22H25NO6S/c1-13-10-17(15(3)30-13)18(24)5-7-22(26)29-12-21(25)23-14(2)16-4-6-19-20(11-16)28-9-8-27-19/h4,6,10-11,14H,5,7-9,12H2,1-3H3,(H,23,25). The number of carbonyl (C=O) groups is 3. The third-order valence-electron chi connectivity index (χ3n) is 4.71. The van der Waals surface area contributed by atoms with Crippen LogP contribution in [-0.4, -0.2) is 37.5 Å². The van der Waals surface area contributed by atoms with Crippen LogP contribution >= 0.6 is 11.3 Å². The Labute approximate surface area is 179 Å². The van der Waals surface area contributed by atoms with Crippen molar-refractivity contribution >= 4 is 29.0 Å². The van der Waals surface area contributed by atoms with Crippen LogP contribution in [0.5, 0.6) is 11.5 Å². The van der Waals surface area contributed by atoms with Crippen molar-refractivity contribution in [1.82, 2.24) is 5.32 Å². The maximum absolute atomic E-state index is 12.2. The van der Waals surface area contributed by atoms with Crippen molar-refractivity contribution in [3.05, 3.63) is 45.1 Å². The number of hydrogen-bond acceptors (Lipinski definition) is 7. The van der Waals surface area contributed by atoms with E-state index < -0.39 is 18.5 Å². The zero-order chi connectivity index (χ0) is 21.7. The summed E-state index contributed by atoms with van der Waals surface area (Å²) in [6.45, 7) is 6.26. The minimum atomic E-state index is -0.574. The first-order valence-corrected chi connectivity index (χ1v) is 10.6. The lowest BCUT2D eigenvalue weighted by Gasteiger charge is -2.21. The largest absolute Gasteiger partial charge is 0.486 e. The Morgan fingerprint density at radius 2 is 1.83 bits per heavy atom. The van der Waals surface area contributed by atoms with Gasteiger partial charge in [-0.15, -0.1) is 11.3 Å². The monoisotopic (exact) mass is 431 g/mol. The lowest BCUT2D eigenvalue weighted by atomic mass is 10.1. The van der Waals surface area contributed by atoms with Crippen molar-refractivity contribution in [3.63, 3.8) is 0 Å². The normalized spacial score (nSPS) is 13.4. The van der Waals surface area contributed by atoms with Gasteiger partial charge < -0.3 is 19.5 Å². The molecule has 0 bridgehead atoms. The van der Waals surface area contributed by atoms with Gasteiger partial charge in [0.2, 0.25) is 0 Å². The zero-order valence-corrected chi connectivity index (χ0v) is 18.1. The van der Waals surface area contributed by atoms with Crippen LogP contribution in [0.1, 0.15) is 51.5 Å². The molecule has 1 aromatic heterocycles. The van der Waals surface area contributed by atoms with E-state index in [9.17, 15) is 14.4 Å². The highest BCUT2D eigenvalue weighted by Crippen LogP contribution is 2.32. The number of thiophene rings is 1. The lowest BCUT2D eigenvalue weighted by molar-refractivity contribution is -0.148. The Morgan fingerprint density at radius 3 is 2.53 bits per heavy atom. The van der Waals surface area contributed by atoms with Gasteiger partial charge in [-0.2, -0.15) is 0 Å². The van der Waals surface area contributed by atoms with E-state index in [1.807, 2.05) is 39.0 Å². The highest BCUT2D eigenvalue weighted by molar-refractivity contribution is 7.12. The first-order chi connectivity index (χ1) is 14.3. The summed E-state index contributed by atoms with van der Waals surface area (Å²) in [7, 11) is 0. The molecule has 0 aliphatic carbocycles. The fourth-order valence-electron chi connectivity index (χ4n) is 3.17. The number of hydrogen-bond donors (Lipinski definition) is 1. The first kappa shape index (κ1) is 21.8. The number of rotatable bonds is 8. The summed E-state index contributed by atoms with van der Waals surface area (Å²) >= 11 is 1.55. The number of fused-ring (bicyclic) bond motifs is 1. The minimum Gasteiger partial charge on any atom is -0.486 e. The van der Waals surface area contributed by atoms with Crippen LogP contribution in [0.2, 0.25) is 0 Å². The van der Waals surface area contributed by atoms with Gasteiger partial charge in [0.1, 0.15) is 13.2 Å². The number of aryl methyl sites for hydroxylation is 2. The number of amides is 1. The maximum Gasteiger partial charge on any atom is 0.306 e. The molecule has 0 fully saturated rings. The minimum absolute atomic E-state index is 0.0574. The van der Waals surface area contributed by atoms with Crippen LogP contribution in [0, 0.1) is 13.8 Å². The third kappa shape index (κ3) is 5.60. The number of Topliss-reactive ketones (excluding diaryl/α,β-unsaturated/α-hetero) is 1. The Bertz CT molecular complexity index is 951. The Kier molecular flexibility index (Phi) is 7.10. The summed E-state index contributed by atoms with van der Waals surface area (Å²) in [6, 6.07) is 7.02. The van der Waals surface area contributed by atoms with Gasteiger partial charge in [0.25, 0.3) is 5.91 Å². The molecule has 2 aromatic rings. The first-order valence-electron chi connectivity index (χ1n) is 9.78. The summed E-state index contributed by atoms with van der Waals surface area (Å²) in [6.07, 6.45) is 0.00320. The number of ketones is 1. The number of esters is 1. The van der Waals surface area contributed by atoms with Crippen molar-refractivity contribution in [2.45, 2.75) is 39.7 Å². The molecule has 1 aliphatic heterocycles. The van der Waals surface area contributed by atoms with Gasteiger partial charge in [0.15, 0.2) is 23.9 Å². The molecule has 30 heavy (non-hydrogen) atoms. The van der Waals surface area contributed by atoms with E-state index in [4.69, 9.17) is 14.2 Å². The van der Waals surface area contributed by atoms with Crippen LogP contribution in [0.4, 0.5) is 0 Å². The SMILES string of the molecule is Cc1cc(C(=O)CCC(=O)OCC(=O)NC(C)c2ccc3c(c2)OCCO3)c(C)s1. The molecule has 1 unspecified atom stereocenters. The van der Waals surface area contributed by atoms with Gasteiger partial charge >= 0.3 is 5.97 Å². The molecule has 0 spiro atoms. The highest BCUT2D eigenvalue weighted by atomic mass is 32.1. The molecular weight excluding hydrogens is 406 g/mol. The van der Waals surface area contributed by atoms with Crippen LogP contribution in [0.25, 0.3) is 0 Å². The van der Waals surface area contributed by atoms with Crippen molar-refractivity contribution in [1.29, 1.82) is 0 Å². The average Bonchev–Trinajstić information content (AvgIpc) is 3.08. The van der Waals surface area contributed by atoms with Gasteiger partial charge in [-0.1, -0.05) is 6.07 Å². The summed E-state index contributed by atoms with van der Waals surface area (Å²) < 4.78 is 16.0. The summed E-state index contributed by atoms with van der Waals surface area (Å²) in [5, 5.41) is 2.78. The van der Waals surface area contributed by atoms with Gasteiger partial charge in [-0.05, 0) is 44.5 Å². The maximum atomic E-state index is 12.2. The van der Waals surface area contributed by atoms with E-state index >= 15 is 0 Å². The Morgan fingerprint density at radius 1 is 1.10 bits per heavy atom. The summed E-state index contributed by atoms with van der Waals surface area (Å²) in [5.41, 5.74) is 1.50. The molecule has 2 heterocycles. The average molecular weight is 432 g/mol. The fraction of sp³-hybridized carbons (Fsp3) is 0.409. The predicted octanol–water partition coefficient (Wildman–Crippen LogP) is 3.52. The number of nitrogens with one attached hydrogen (secondary N) is 1. The number of carbonyl (C=O) groups excluding carboxylic acids is 3. The molecule has 3 rings (SSSR count). The molecular formula is C22H25NO6S. The molecule has 1 N–H and O–H groups in total. The van der Waals surface area contributed by atoms with Gasteiger partial charge in [0.05, 0.1) is 12.5 Å². The molecule has 7 nitrogen and oxygen atoms in total. The third-order valence-corrected chi connectivity index (χ3v) is 5.67. The van der Waals surface area contributed by atoms with Crippen molar-refractivity contribution in [2.75, 3.05) is 19.8 Å². The number of ether oxygens (including phenoxy) is 3. The molecule has 1 aliphatic rings. The van der Waals surface area contributed by atoms with E-state index in [2.05, 4.69) is 5.32 Å². The van der Waals surface area contributed by atoms with Crippen LogP contribution in [0.3, 0.4) is 0 Å². The molecule has 0 radical (unpaired) electrons. The summed E-state index contributed by atoms with van der Waals surface area (Å²) in [5.74, 6) is 0.244. The second-order valence-electron chi connectivity index (χ2n) is 7.10. The van der Waals surface area contributed by atoms with Gasteiger partial charge in [-0.25, -0.2) is 0 Å².